The molecule has 0 aliphatic heterocycles. The summed E-state index contributed by atoms with van der Waals surface area (Å²) in [6.45, 7) is 0. The zero-order chi connectivity index (χ0) is 14.8. The van der Waals surface area contributed by atoms with Gasteiger partial charge in [0.05, 0.1) is 25.0 Å². The Morgan fingerprint density at radius 1 is 1.50 bits per heavy atom. The first-order chi connectivity index (χ1) is 9.36. The van der Waals surface area contributed by atoms with Crippen molar-refractivity contribution in [2.45, 2.75) is 25.7 Å². The topological polar surface area (TPSA) is 78.3 Å². The van der Waals surface area contributed by atoms with Crippen molar-refractivity contribution >= 4 is 15.8 Å². The van der Waals surface area contributed by atoms with Gasteiger partial charge in [0, 0.05) is 25.9 Å². The third-order valence-corrected chi connectivity index (χ3v) is 5.67. The van der Waals surface area contributed by atoms with Crippen LogP contribution in [0.3, 0.4) is 0 Å². The molecule has 1 aliphatic carbocycles. The van der Waals surface area contributed by atoms with E-state index in [4.69, 9.17) is 0 Å². The van der Waals surface area contributed by atoms with E-state index < -0.39 is 9.84 Å². The number of nitrogens with zero attached hydrogens (tertiary/aromatic N) is 2. The molecule has 1 fully saturated rings. The smallest absolute Gasteiger partial charge is 0.306 e. The average molecular weight is 300 g/mol. The number of hydrogen-bond acceptors (Lipinski definition) is 5. The van der Waals surface area contributed by atoms with Crippen molar-refractivity contribution < 1.29 is 17.9 Å². The molecule has 20 heavy (non-hydrogen) atoms. The fourth-order valence-corrected chi connectivity index (χ4v) is 4.31. The Balaban J connectivity index is 1.91. The Morgan fingerprint density at radius 2 is 2.20 bits per heavy atom. The number of carbonyl (C=O) groups excluding carboxylic acids is 1. The lowest BCUT2D eigenvalue weighted by Crippen LogP contribution is -2.24. The second-order valence-corrected chi connectivity index (χ2v) is 7.73. The first kappa shape index (κ1) is 15.0. The van der Waals surface area contributed by atoms with E-state index in [-0.39, 0.29) is 29.3 Å². The van der Waals surface area contributed by atoms with Crippen LogP contribution in [0.2, 0.25) is 0 Å². The second-order valence-electron chi connectivity index (χ2n) is 5.55. The molecule has 0 N–H and O–H groups in total. The van der Waals surface area contributed by atoms with Crippen LogP contribution in [0.4, 0.5) is 0 Å². The van der Waals surface area contributed by atoms with Crippen LogP contribution in [0.15, 0.2) is 12.4 Å². The van der Waals surface area contributed by atoms with Gasteiger partial charge in [-0.05, 0) is 18.3 Å². The van der Waals surface area contributed by atoms with Gasteiger partial charge >= 0.3 is 5.97 Å². The van der Waals surface area contributed by atoms with Gasteiger partial charge < -0.3 is 9.30 Å². The first-order valence-corrected chi connectivity index (χ1v) is 8.41. The number of imidazole rings is 1. The Hall–Kier alpha value is -1.37. The van der Waals surface area contributed by atoms with Gasteiger partial charge in [0.15, 0.2) is 9.84 Å². The maximum absolute atomic E-state index is 12.2. The lowest BCUT2D eigenvalue weighted by atomic mass is 10.1. The summed E-state index contributed by atoms with van der Waals surface area (Å²) in [5, 5.41) is 0. The van der Waals surface area contributed by atoms with Crippen LogP contribution in [-0.2, 0) is 32.8 Å². The van der Waals surface area contributed by atoms with Gasteiger partial charge in [-0.25, -0.2) is 13.4 Å². The molecule has 0 bridgehead atoms. The molecular formula is C13H20N2O4S. The maximum atomic E-state index is 12.2. The van der Waals surface area contributed by atoms with E-state index in [0.29, 0.717) is 6.42 Å². The van der Waals surface area contributed by atoms with Crippen LogP contribution in [-0.4, -0.2) is 42.6 Å². The number of methoxy groups -OCH3 is 1. The first-order valence-electron chi connectivity index (χ1n) is 6.59. The number of rotatable bonds is 7. The van der Waals surface area contributed by atoms with Crippen molar-refractivity contribution in [3.8, 4) is 0 Å². The largest absolute Gasteiger partial charge is 0.469 e. The molecule has 1 saturated carbocycles. The zero-order valence-corrected chi connectivity index (χ0v) is 12.6. The highest BCUT2D eigenvalue weighted by molar-refractivity contribution is 7.91. The lowest BCUT2D eigenvalue weighted by molar-refractivity contribution is -0.141. The predicted molar refractivity (Wildman–Crippen MR) is 73.9 cm³/mol. The summed E-state index contributed by atoms with van der Waals surface area (Å²) in [7, 11) is -0.0153. The molecule has 0 amide bonds. The molecular weight excluding hydrogens is 280 g/mol. The Kier molecular flexibility index (Phi) is 4.17. The van der Waals surface area contributed by atoms with Gasteiger partial charge in [-0.2, -0.15) is 0 Å². The zero-order valence-electron chi connectivity index (χ0n) is 11.8. The van der Waals surface area contributed by atoms with Gasteiger partial charge in [-0.3, -0.25) is 4.79 Å². The number of sulfone groups is 1. The summed E-state index contributed by atoms with van der Waals surface area (Å²) in [4.78, 5) is 15.4. The average Bonchev–Trinajstić information content (AvgIpc) is 2.97. The fourth-order valence-electron chi connectivity index (χ4n) is 2.35. The lowest BCUT2D eigenvalue weighted by Gasteiger charge is -2.13. The van der Waals surface area contributed by atoms with E-state index in [9.17, 15) is 13.2 Å². The predicted octanol–water partition coefficient (Wildman–Crippen LogP) is 0.721. The molecule has 0 spiro atoms. The van der Waals surface area contributed by atoms with Crippen LogP contribution >= 0.6 is 0 Å². The third kappa shape index (κ3) is 3.82. The number of ether oxygens (including phenoxy) is 1. The van der Waals surface area contributed by atoms with Crippen LogP contribution in [0.25, 0.3) is 0 Å². The number of esters is 1. The molecule has 112 valence electrons. The molecule has 1 aromatic rings. The van der Waals surface area contributed by atoms with E-state index in [2.05, 4.69) is 9.72 Å². The van der Waals surface area contributed by atoms with E-state index in [1.807, 2.05) is 11.6 Å². The molecule has 0 radical (unpaired) electrons. The maximum Gasteiger partial charge on any atom is 0.306 e. The van der Waals surface area contributed by atoms with Crippen LogP contribution in [0.5, 0.6) is 0 Å². The number of aromatic nitrogens is 2. The van der Waals surface area contributed by atoms with Crippen molar-refractivity contribution in [1.82, 2.24) is 9.55 Å². The van der Waals surface area contributed by atoms with Crippen molar-refractivity contribution in [2.24, 2.45) is 12.5 Å². The summed E-state index contributed by atoms with van der Waals surface area (Å²) >= 11 is 0. The van der Waals surface area contributed by atoms with Gasteiger partial charge in [0.25, 0.3) is 0 Å². The van der Waals surface area contributed by atoms with E-state index in [0.717, 1.165) is 18.7 Å². The second kappa shape index (κ2) is 5.55. The normalized spacial score (nSPS) is 16.9. The molecule has 0 unspecified atom stereocenters. The molecule has 0 aromatic carbocycles. The summed E-state index contributed by atoms with van der Waals surface area (Å²) in [6, 6.07) is 0. The molecule has 7 heteroatoms. The van der Waals surface area contributed by atoms with E-state index >= 15 is 0 Å². The van der Waals surface area contributed by atoms with Crippen molar-refractivity contribution in [3.05, 3.63) is 18.2 Å². The van der Waals surface area contributed by atoms with E-state index in [1.165, 1.54) is 7.11 Å². The number of carbonyl (C=O) groups is 1. The van der Waals surface area contributed by atoms with Gasteiger partial charge in [0.1, 0.15) is 5.82 Å². The highest BCUT2D eigenvalue weighted by atomic mass is 32.2. The molecule has 2 rings (SSSR count). The Morgan fingerprint density at radius 3 is 2.70 bits per heavy atom. The van der Waals surface area contributed by atoms with Gasteiger partial charge in [-0.1, -0.05) is 0 Å². The highest BCUT2D eigenvalue weighted by Gasteiger charge is 2.47. The standard InChI is InChI=1S/C13H20N2O4S/c1-15-7-6-14-11(15)3-8-20(17,18)10-13(4-5-13)9-12(16)19-2/h6-7H,3-5,8-10H2,1-2H3. The minimum Gasteiger partial charge on any atom is -0.469 e. The third-order valence-electron chi connectivity index (χ3n) is 3.79. The number of hydrogen-bond donors (Lipinski definition) is 0. The summed E-state index contributed by atoms with van der Waals surface area (Å²) in [5.74, 6) is 0.563. The molecule has 1 aliphatic rings. The van der Waals surface area contributed by atoms with Crippen LogP contribution in [0.1, 0.15) is 25.1 Å². The van der Waals surface area contributed by atoms with Crippen molar-refractivity contribution in [2.75, 3.05) is 18.6 Å². The van der Waals surface area contributed by atoms with Gasteiger partial charge in [0.2, 0.25) is 0 Å². The summed E-state index contributed by atoms with van der Waals surface area (Å²) in [5.41, 5.74) is -0.381. The quantitative estimate of drug-likeness (QED) is 0.693. The Bertz CT molecular complexity index is 587. The molecule has 0 saturated heterocycles. The molecule has 0 atom stereocenters. The summed E-state index contributed by atoms with van der Waals surface area (Å²) in [6.07, 6.45) is 5.61. The minimum absolute atomic E-state index is 0.0690. The van der Waals surface area contributed by atoms with Crippen LogP contribution in [0, 0.1) is 5.41 Å². The van der Waals surface area contributed by atoms with Gasteiger partial charge in [-0.15, -0.1) is 0 Å². The van der Waals surface area contributed by atoms with E-state index in [1.54, 1.807) is 12.4 Å². The molecule has 1 aromatic heterocycles. The SMILES string of the molecule is COC(=O)CC1(CS(=O)(=O)CCc2nccn2C)CC1. The highest BCUT2D eigenvalue weighted by Crippen LogP contribution is 2.50. The monoisotopic (exact) mass is 300 g/mol. The number of aryl methyl sites for hydroxylation is 2. The van der Waals surface area contributed by atoms with Crippen LogP contribution < -0.4 is 0 Å². The molecule has 6 nitrogen and oxygen atoms in total. The summed E-state index contributed by atoms with van der Waals surface area (Å²) < 4.78 is 30.8. The van der Waals surface area contributed by atoms with Crippen molar-refractivity contribution in [3.63, 3.8) is 0 Å². The minimum atomic E-state index is -3.18. The molecule has 1 heterocycles. The Labute approximate surface area is 119 Å². The van der Waals surface area contributed by atoms with Crippen molar-refractivity contribution in [1.29, 1.82) is 0 Å². The fraction of sp³-hybridized carbons (Fsp3) is 0.692.